The number of piperazine rings is 1. The summed E-state index contributed by atoms with van der Waals surface area (Å²) >= 11 is 0. The van der Waals surface area contributed by atoms with Crippen LogP contribution in [0.5, 0.6) is 11.5 Å². The average molecular weight is 444 g/mol. The Morgan fingerprint density at radius 1 is 1.09 bits per heavy atom. The van der Waals surface area contributed by atoms with Crippen molar-refractivity contribution in [3.05, 3.63) is 76.7 Å². The molecule has 0 aromatic heterocycles. The quantitative estimate of drug-likeness (QED) is 0.718. The molecule has 0 saturated carbocycles. The van der Waals surface area contributed by atoms with Crippen LogP contribution >= 0.6 is 0 Å². The van der Waals surface area contributed by atoms with Gasteiger partial charge in [-0.2, -0.15) is 0 Å². The van der Waals surface area contributed by atoms with E-state index in [1.807, 2.05) is 50.2 Å². The van der Waals surface area contributed by atoms with E-state index in [0.29, 0.717) is 23.0 Å². The number of amides is 2. The molecule has 7 nitrogen and oxygen atoms in total. The predicted octanol–water partition coefficient (Wildman–Crippen LogP) is 3.76. The minimum Gasteiger partial charge on any atom is -0.463 e. The molecule has 3 heterocycles. The van der Waals surface area contributed by atoms with E-state index in [-0.39, 0.29) is 31.2 Å². The van der Waals surface area contributed by atoms with Crippen molar-refractivity contribution in [2.45, 2.75) is 39.0 Å². The number of allylic oxidation sites excluding steroid dienone is 2. The van der Waals surface area contributed by atoms with E-state index in [4.69, 9.17) is 14.2 Å². The van der Waals surface area contributed by atoms with Gasteiger partial charge in [0.1, 0.15) is 6.54 Å². The normalized spacial score (nSPS) is 21.8. The molecule has 168 valence electrons. The Labute approximate surface area is 191 Å². The van der Waals surface area contributed by atoms with Gasteiger partial charge < -0.3 is 19.1 Å². The molecule has 1 saturated heterocycles. The maximum Gasteiger partial charge on any atom is 0.275 e. The lowest BCUT2D eigenvalue weighted by Crippen LogP contribution is -2.54. The first kappa shape index (κ1) is 19.9. The van der Waals surface area contributed by atoms with Gasteiger partial charge in [-0.25, -0.2) is 0 Å². The van der Waals surface area contributed by atoms with Gasteiger partial charge in [0, 0.05) is 17.2 Å². The first-order chi connectivity index (χ1) is 16.1. The zero-order valence-corrected chi connectivity index (χ0v) is 18.5. The van der Waals surface area contributed by atoms with Crippen LogP contribution in [0.4, 0.5) is 0 Å². The van der Waals surface area contributed by atoms with Crippen molar-refractivity contribution in [1.29, 1.82) is 0 Å². The van der Waals surface area contributed by atoms with Crippen LogP contribution in [0.15, 0.2) is 60.0 Å². The second-order valence-corrected chi connectivity index (χ2v) is 8.69. The molecule has 3 aliphatic heterocycles. The molecule has 2 aromatic carbocycles. The highest BCUT2D eigenvalue weighted by Crippen LogP contribution is 2.48. The van der Waals surface area contributed by atoms with Crippen molar-refractivity contribution in [1.82, 2.24) is 9.80 Å². The van der Waals surface area contributed by atoms with E-state index in [0.717, 1.165) is 29.5 Å². The SMILES string of the molecule is CC[C@H](C)N1CC(=O)N2C(=C(C3=CCc4ccccc43)O[C@@H]2c2ccc3c(c2)OCO3)C1=O. The fourth-order valence-corrected chi connectivity index (χ4v) is 4.88. The summed E-state index contributed by atoms with van der Waals surface area (Å²) in [7, 11) is 0. The number of fused-ring (bicyclic) bond motifs is 3. The first-order valence-electron chi connectivity index (χ1n) is 11.3. The van der Waals surface area contributed by atoms with Gasteiger partial charge in [-0.1, -0.05) is 37.3 Å². The summed E-state index contributed by atoms with van der Waals surface area (Å²) in [6.07, 6.45) is 2.86. The van der Waals surface area contributed by atoms with E-state index < -0.39 is 6.23 Å². The Morgan fingerprint density at radius 2 is 1.91 bits per heavy atom. The number of carbonyl (C=O) groups is 2. The van der Waals surface area contributed by atoms with Crippen molar-refractivity contribution < 1.29 is 23.8 Å². The summed E-state index contributed by atoms with van der Waals surface area (Å²) in [4.78, 5) is 30.3. The average Bonchev–Trinajstić information content (AvgIpc) is 3.56. The number of nitrogens with zero attached hydrogens (tertiary/aromatic N) is 2. The monoisotopic (exact) mass is 444 g/mol. The molecule has 2 aromatic rings. The number of rotatable bonds is 4. The minimum absolute atomic E-state index is 0.0324. The van der Waals surface area contributed by atoms with Crippen LogP contribution in [0.3, 0.4) is 0 Å². The van der Waals surface area contributed by atoms with Crippen LogP contribution in [0, 0.1) is 0 Å². The van der Waals surface area contributed by atoms with E-state index in [2.05, 4.69) is 12.1 Å². The van der Waals surface area contributed by atoms with Gasteiger partial charge in [0.15, 0.2) is 23.0 Å². The van der Waals surface area contributed by atoms with Crippen LogP contribution in [0.1, 0.15) is 43.2 Å². The standard InChI is InChI=1S/C26H24N2O5/c1-3-15(2)27-13-22(29)28-23(25(27)30)24(19-10-8-16-6-4-5-7-18(16)19)33-26(28)17-9-11-20-21(12-17)32-14-31-20/h4-7,9-12,15,26H,3,8,13-14H2,1-2H3/t15-,26+/m0/s1. The molecule has 33 heavy (non-hydrogen) atoms. The largest absolute Gasteiger partial charge is 0.463 e. The van der Waals surface area contributed by atoms with Crippen molar-refractivity contribution >= 4 is 17.4 Å². The molecule has 0 N–H and O–H groups in total. The van der Waals surface area contributed by atoms with E-state index in [1.165, 1.54) is 10.5 Å². The summed E-state index contributed by atoms with van der Waals surface area (Å²) in [6, 6.07) is 13.5. The topological polar surface area (TPSA) is 68.3 Å². The van der Waals surface area contributed by atoms with Gasteiger partial charge in [0.2, 0.25) is 18.9 Å². The molecule has 1 fully saturated rings. The second-order valence-electron chi connectivity index (χ2n) is 8.69. The lowest BCUT2D eigenvalue weighted by atomic mass is 10.0. The Hall–Kier alpha value is -3.74. The number of hydrogen-bond acceptors (Lipinski definition) is 5. The fourth-order valence-electron chi connectivity index (χ4n) is 4.88. The number of hydrogen-bond donors (Lipinski definition) is 0. The number of carbonyl (C=O) groups excluding carboxylic acids is 2. The maximum atomic E-state index is 13.7. The van der Waals surface area contributed by atoms with Gasteiger partial charge in [-0.15, -0.1) is 0 Å². The molecule has 2 atom stereocenters. The smallest absolute Gasteiger partial charge is 0.275 e. The molecule has 1 aliphatic carbocycles. The van der Waals surface area contributed by atoms with Crippen molar-refractivity contribution in [2.75, 3.05) is 13.3 Å². The summed E-state index contributed by atoms with van der Waals surface area (Å²) < 4.78 is 17.4. The Balaban J connectivity index is 1.47. The van der Waals surface area contributed by atoms with Crippen molar-refractivity contribution in [3.8, 4) is 11.5 Å². The van der Waals surface area contributed by atoms with Gasteiger partial charge in [-0.05, 0) is 49.1 Å². The fraction of sp³-hybridized carbons (Fsp3) is 0.308. The third-order valence-corrected chi connectivity index (χ3v) is 6.84. The molecular weight excluding hydrogens is 420 g/mol. The molecule has 7 heteroatoms. The highest BCUT2D eigenvalue weighted by atomic mass is 16.7. The number of benzene rings is 2. The zero-order chi connectivity index (χ0) is 22.7. The Morgan fingerprint density at radius 3 is 2.76 bits per heavy atom. The van der Waals surface area contributed by atoms with Crippen LogP contribution in [-0.2, 0) is 20.7 Å². The van der Waals surface area contributed by atoms with Gasteiger partial charge in [0.25, 0.3) is 5.91 Å². The Kier molecular flexibility index (Phi) is 4.47. The minimum atomic E-state index is -0.742. The van der Waals surface area contributed by atoms with Crippen LogP contribution in [0.25, 0.3) is 5.57 Å². The first-order valence-corrected chi connectivity index (χ1v) is 11.3. The van der Waals surface area contributed by atoms with Gasteiger partial charge >= 0.3 is 0 Å². The van der Waals surface area contributed by atoms with E-state index >= 15 is 0 Å². The summed E-state index contributed by atoms with van der Waals surface area (Å²) in [5.41, 5.74) is 4.12. The third kappa shape index (κ3) is 2.95. The number of ether oxygens (including phenoxy) is 3. The second kappa shape index (κ2) is 7.40. The van der Waals surface area contributed by atoms with Crippen molar-refractivity contribution in [3.63, 3.8) is 0 Å². The Bertz CT molecular complexity index is 1250. The highest BCUT2D eigenvalue weighted by molar-refractivity contribution is 6.07. The van der Waals surface area contributed by atoms with Crippen molar-refractivity contribution in [2.24, 2.45) is 0 Å². The summed E-state index contributed by atoms with van der Waals surface area (Å²) in [5.74, 6) is 1.39. The summed E-state index contributed by atoms with van der Waals surface area (Å²) in [5, 5.41) is 0. The molecule has 0 spiro atoms. The van der Waals surface area contributed by atoms with Gasteiger partial charge in [-0.3, -0.25) is 14.5 Å². The highest BCUT2D eigenvalue weighted by Gasteiger charge is 2.49. The third-order valence-electron chi connectivity index (χ3n) is 6.84. The van der Waals surface area contributed by atoms with Crippen LogP contribution < -0.4 is 9.47 Å². The molecule has 0 unspecified atom stereocenters. The summed E-state index contributed by atoms with van der Waals surface area (Å²) in [6.45, 7) is 4.18. The maximum absolute atomic E-state index is 13.7. The van der Waals surface area contributed by atoms with Crippen LogP contribution in [0.2, 0.25) is 0 Å². The molecule has 4 aliphatic rings. The lowest BCUT2D eigenvalue weighted by molar-refractivity contribution is -0.151. The van der Waals surface area contributed by atoms with E-state index in [9.17, 15) is 9.59 Å². The lowest BCUT2D eigenvalue weighted by Gasteiger charge is -2.37. The van der Waals surface area contributed by atoms with Gasteiger partial charge in [0.05, 0.1) is 0 Å². The predicted molar refractivity (Wildman–Crippen MR) is 120 cm³/mol. The molecule has 0 radical (unpaired) electrons. The molecule has 0 bridgehead atoms. The molecule has 6 rings (SSSR count). The molecule has 2 amide bonds. The zero-order valence-electron chi connectivity index (χ0n) is 18.5. The van der Waals surface area contributed by atoms with E-state index in [1.54, 1.807) is 4.90 Å². The molecular formula is C26H24N2O5. The van der Waals surface area contributed by atoms with Crippen LogP contribution in [-0.4, -0.2) is 41.0 Å².